The Balaban J connectivity index is 4.36. The van der Waals surface area contributed by atoms with Crippen molar-refractivity contribution in [1.29, 1.82) is 0 Å². The van der Waals surface area contributed by atoms with Gasteiger partial charge in [-0.1, -0.05) is 192 Å². The average Bonchev–Trinajstić information content (AvgIpc) is 3.15. The van der Waals surface area contributed by atoms with E-state index in [2.05, 4.69) is 57.2 Å². The van der Waals surface area contributed by atoms with Gasteiger partial charge in [0.25, 0.3) is 0 Å². The molecule has 0 saturated carbocycles. The first-order chi connectivity index (χ1) is 26.0. The van der Waals surface area contributed by atoms with Gasteiger partial charge in [-0.25, -0.2) is 0 Å². The Kier molecular flexibility index (Phi) is 40.5. The van der Waals surface area contributed by atoms with Crippen molar-refractivity contribution < 1.29 is 28.6 Å². The lowest BCUT2D eigenvalue weighted by Crippen LogP contribution is -2.30. The predicted octanol–water partition coefficient (Wildman–Crippen LogP) is 14.2. The second-order valence-electron chi connectivity index (χ2n) is 14.9. The molecule has 0 saturated heterocycles. The summed E-state index contributed by atoms with van der Waals surface area (Å²) in [5.41, 5.74) is 0. The molecular weight excluding hydrogens is 661 g/mol. The molecule has 0 bridgehead atoms. The first-order valence-electron chi connectivity index (χ1n) is 22.5. The second-order valence-corrected chi connectivity index (χ2v) is 14.9. The molecule has 308 valence electrons. The fourth-order valence-electron chi connectivity index (χ4n) is 6.28. The standard InChI is InChI=1S/C47H84O6/c1-4-7-10-13-16-19-21-23-25-26-28-31-34-37-40-46(49)52-43-44(42-51-45(48)39-36-33-30-18-15-12-9-6-3)53-47(50)41-38-35-32-29-27-24-22-20-17-14-11-8-5-2/h8,11,17,20,24,27,44H,4-7,9-10,12-16,18-19,21-23,25-26,28-43H2,1-3H3/b11-8-,20-17-,27-24-. The number of unbranched alkanes of at least 4 members (excludes halogenated alkanes) is 23. The van der Waals surface area contributed by atoms with Gasteiger partial charge in [0.1, 0.15) is 13.2 Å². The topological polar surface area (TPSA) is 78.9 Å². The summed E-state index contributed by atoms with van der Waals surface area (Å²) < 4.78 is 16.6. The van der Waals surface area contributed by atoms with E-state index < -0.39 is 6.10 Å². The molecule has 0 heterocycles. The number of carbonyl (C=O) groups is 3. The molecular formula is C47H84O6. The van der Waals surface area contributed by atoms with Crippen LogP contribution in [0.15, 0.2) is 36.5 Å². The zero-order valence-electron chi connectivity index (χ0n) is 35.0. The smallest absolute Gasteiger partial charge is 0.306 e. The molecule has 6 nitrogen and oxygen atoms in total. The quantitative estimate of drug-likeness (QED) is 0.0269. The van der Waals surface area contributed by atoms with Crippen LogP contribution in [-0.4, -0.2) is 37.2 Å². The van der Waals surface area contributed by atoms with Crippen LogP contribution < -0.4 is 0 Å². The molecule has 1 atom stereocenters. The van der Waals surface area contributed by atoms with Crippen LogP contribution in [0.25, 0.3) is 0 Å². The third-order valence-electron chi connectivity index (χ3n) is 9.66. The van der Waals surface area contributed by atoms with E-state index in [1.54, 1.807) is 0 Å². The van der Waals surface area contributed by atoms with Crippen molar-refractivity contribution in [2.45, 2.75) is 232 Å². The van der Waals surface area contributed by atoms with Gasteiger partial charge in [0.05, 0.1) is 0 Å². The molecule has 0 spiro atoms. The van der Waals surface area contributed by atoms with Gasteiger partial charge in [-0.3, -0.25) is 14.4 Å². The maximum absolute atomic E-state index is 12.7. The minimum absolute atomic E-state index is 0.0810. The fourth-order valence-corrected chi connectivity index (χ4v) is 6.28. The Bertz CT molecular complexity index is 907. The van der Waals surface area contributed by atoms with E-state index in [9.17, 15) is 14.4 Å². The van der Waals surface area contributed by atoms with Gasteiger partial charge in [-0.15, -0.1) is 0 Å². The Morgan fingerprint density at radius 1 is 0.396 bits per heavy atom. The monoisotopic (exact) mass is 745 g/mol. The van der Waals surface area contributed by atoms with Crippen molar-refractivity contribution in [3.8, 4) is 0 Å². The first kappa shape index (κ1) is 50.6. The van der Waals surface area contributed by atoms with E-state index in [-0.39, 0.29) is 31.1 Å². The highest BCUT2D eigenvalue weighted by atomic mass is 16.6. The summed E-state index contributed by atoms with van der Waals surface area (Å²) in [6.07, 6.45) is 47.0. The molecule has 0 radical (unpaired) electrons. The van der Waals surface area contributed by atoms with E-state index >= 15 is 0 Å². The van der Waals surface area contributed by atoms with E-state index in [1.165, 1.54) is 103 Å². The van der Waals surface area contributed by atoms with Crippen LogP contribution in [0.1, 0.15) is 226 Å². The summed E-state index contributed by atoms with van der Waals surface area (Å²) >= 11 is 0. The molecule has 0 rings (SSSR count). The molecule has 0 aliphatic carbocycles. The van der Waals surface area contributed by atoms with Crippen molar-refractivity contribution in [3.05, 3.63) is 36.5 Å². The Labute approximate surface area is 327 Å². The van der Waals surface area contributed by atoms with Crippen molar-refractivity contribution >= 4 is 17.9 Å². The van der Waals surface area contributed by atoms with Crippen LogP contribution in [0.2, 0.25) is 0 Å². The molecule has 0 aliphatic rings. The number of carbonyl (C=O) groups excluding carboxylic acids is 3. The van der Waals surface area contributed by atoms with Crippen molar-refractivity contribution in [3.63, 3.8) is 0 Å². The summed E-state index contributed by atoms with van der Waals surface area (Å²) in [6.45, 7) is 6.47. The van der Waals surface area contributed by atoms with Gasteiger partial charge < -0.3 is 14.2 Å². The van der Waals surface area contributed by atoms with Gasteiger partial charge in [-0.05, 0) is 51.4 Å². The maximum Gasteiger partial charge on any atom is 0.306 e. The average molecular weight is 745 g/mol. The predicted molar refractivity (Wildman–Crippen MR) is 224 cm³/mol. The van der Waals surface area contributed by atoms with Crippen LogP contribution in [0.5, 0.6) is 0 Å². The van der Waals surface area contributed by atoms with E-state index in [0.717, 1.165) is 83.5 Å². The lowest BCUT2D eigenvalue weighted by atomic mass is 10.0. The number of allylic oxidation sites excluding steroid dienone is 6. The van der Waals surface area contributed by atoms with Crippen LogP contribution >= 0.6 is 0 Å². The van der Waals surface area contributed by atoms with Crippen LogP contribution in [-0.2, 0) is 28.6 Å². The van der Waals surface area contributed by atoms with E-state index in [1.807, 2.05) is 0 Å². The molecule has 0 aromatic rings. The highest BCUT2D eigenvalue weighted by molar-refractivity contribution is 5.71. The van der Waals surface area contributed by atoms with Crippen molar-refractivity contribution in [1.82, 2.24) is 0 Å². The van der Waals surface area contributed by atoms with Crippen molar-refractivity contribution in [2.24, 2.45) is 0 Å². The minimum Gasteiger partial charge on any atom is -0.462 e. The first-order valence-corrected chi connectivity index (χ1v) is 22.5. The number of ether oxygens (including phenoxy) is 3. The Morgan fingerprint density at radius 2 is 0.736 bits per heavy atom. The Morgan fingerprint density at radius 3 is 1.15 bits per heavy atom. The molecule has 0 fully saturated rings. The third-order valence-corrected chi connectivity index (χ3v) is 9.66. The Hall–Kier alpha value is -2.37. The third kappa shape index (κ3) is 40.6. The van der Waals surface area contributed by atoms with Gasteiger partial charge >= 0.3 is 17.9 Å². The SMILES string of the molecule is CC/C=C\C/C=C\C/C=C\CCCCCC(=O)OC(COC(=O)CCCCCCCCCC)COC(=O)CCCCCCCCCCCCCCCC. The molecule has 0 aromatic carbocycles. The summed E-state index contributed by atoms with van der Waals surface area (Å²) in [7, 11) is 0. The normalized spacial score (nSPS) is 12.3. The number of esters is 3. The maximum atomic E-state index is 12.7. The zero-order chi connectivity index (χ0) is 38.7. The highest BCUT2D eigenvalue weighted by Crippen LogP contribution is 2.15. The minimum atomic E-state index is -0.779. The summed E-state index contributed by atoms with van der Waals surface area (Å²) in [4.78, 5) is 37.6. The van der Waals surface area contributed by atoms with Gasteiger partial charge in [0.15, 0.2) is 6.10 Å². The summed E-state index contributed by atoms with van der Waals surface area (Å²) in [5.74, 6) is -0.912. The second kappa shape index (κ2) is 42.4. The van der Waals surface area contributed by atoms with Gasteiger partial charge in [0, 0.05) is 19.3 Å². The number of hydrogen-bond donors (Lipinski definition) is 0. The molecule has 0 amide bonds. The van der Waals surface area contributed by atoms with E-state index in [0.29, 0.717) is 19.3 Å². The fraction of sp³-hybridized carbons (Fsp3) is 0.809. The van der Waals surface area contributed by atoms with Crippen molar-refractivity contribution in [2.75, 3.05) is 13.2 Å². The molecule has 0 aromatic heterocycles. The zero-order valence-corrected chi connectivity index (χ0v) is 35.0. The largest absolute Gasteiger partial charge is 0.462 e. The van der Waals surface area contributed by atoms with Gasteiger partial charge in [-0.2, -0.15) is 0 Å². The molecule has 53 heavy (non-hydrogen) atoms. The highest BCUT2D eigenvalue weighted by Gasteiger charge is 2.19. The van der Waals surface area contributed by atoms with Crippen LogP contribution in [0.3, 0.4) is 0 Å². The molecule has 0 N–H and O–H groups in total. The lowest BCUT2D eigenvalue weighted by Gasteiger charge is -2.18. The number of hydrogen-bond acceptors (Lipinski definition) is 6. The molecule has 1 unspecified atom stereocenters. The lowest BCUT2D eigenvalue weighted by molar-refractivity contribution is -0.167. The number of rotatable bonds is 40. The van der Waals surface area contributed by atoms with Crippen LogP contribution in [0.4, 0.5) is 0 Å². The molecule has 0 aliphatic heterocycles. The van der Waals surface area contributed by atoms with Gasteiger partial charge in [0.2, 0.25) is 0 Å². The molecule has 6 heteroatoms. The summed E-state index contributed by atoms with van der Waals surface area (Å²) in [6, 6.07) is 0. The van der Waals surface area contributed by atoms with Crippen LogP contribution in [0, 0.1) is 0 Å². The summed E-state index contributed by atoms with van der Waals surface area (Å²) in [5, 5.41) is 0. The van der Waals surface area contributed by atoms with E-state index in [4.69, 9.17) is 14.2 Å².